The first-order valence-corrected chi connectivity index (χ1v) is 6.76. The summed E-state index contributed by atoms with van der Waals surface area (Å²) in [4.78, 5) is 20.0. The molecule has 0 unspecified atom stereocenters. The van der Waals surface area contributed by atoms with Gasteiger partial charge in [-0.15, -0.1) is 6.58 Å². The fourth-order valence-electron chi connectivity index (χ4n) is 1.59. The van der Waals surface area contributed by atoms with Crippen molar-refractivity contribution in [2.45, 2.75) is 0 Å². The van der Waals surface area contributed by atoms with Gasteiger partial charge in [0.2, 0.25) is 0 Å². The monoisotopic (exact) mass is 318 g/mol. The lowest BCUT2D eigenvalue weighted by Gasteiger charge is -2.12. The van der Waals surface area contributed by atoms with E-state index in [0.717, 1.165) is 0 Å². The number of hydrogen-bond acceptors (Lipinski definition) is 6. The number of carbonyl (C=O) groups excluding carboxylic acids is 1. The Hall–Kier alpha value is -2.80. The molecule has 0 aliphatic rings. The number of nitrogens with zero attached hydrogens (tertiary/aromatic N) is 2. The van der Waals surface area contributed by atoms with Gasteiger partial charge in [0.05, 0.1) is 0 Å². The van der Waals surface area contributed by atoms with E-state index in [4.69, 9.17) is 17.3 Å². The average Bonchev–Trinajstić information content (AvgIpc) is 2.53. The molecular formula is C14H15ClN6O. The summed E-state index contributed by atoms with van der Waals surface area (Å²) >= 11 is 5.77. The van der Waals surface area contributed by atoms with E-state index in [2.05, 4.69) is 32.7 Å². The van der Waals surface area contributed by atoms with Gasteiger partial charge in [-0.2, -0.15) is 0 Å². The SMILES string of the molecule is C=CCNc1ncnc(NNC(=O)c2ccc(Cl)cc2)c1N. The lowest BCUT2D eigenvalue weighted by molar-refractivity contribution is 0.0962. The minimum absolute atomic E-state index is 0.292. The first-order valence-electron chi connectivity index (χ1n) is 6.39. The molecule has 0 saturated carbocycles. The zero-order valence-corrected chi connectivity index (χ0v) is 12.4. The summed E-state index contributed by atoms with van der Waals surface area (Å²) in [6, 6.07) is 6.49. The molecule has 0 fully saturated rings. The molecule has 0 radical (unpaired) electrons. The van der Waals surface area contributed by atoms with Crippen molar-refractivity contribution in [2.24, 2.45) is 0 Å². The Kier molecular flexibility index (Phi) is 5.16. The Balaban J connectivity index is 2.03. The second kappa shape index (κ2) is 7.28. The number of benzene rings is 1. The van der Waals surface area contributed by atoms with Gasteiger partial charge in [-0.25, -0.2) is 9.97 Å². The normalized spacial score (nSPS) is 9.86. The van der Waals surface area contributed by atoms with Crippen LogP contribution in [0.2, 0.25) is 5.02 Å². The Bertz CT molecular complexity index is 674. The van der Waals surface area contributed by atoms with Gasteiger partial charge in [0.1, 0.15) is 12.0 Å². The Morgan fingerprint density at radius 2 is 1.95 bits per heavy atom. The fourth-order valence-corrected chi connectivity index (χ4v) is 1.72. The molecule has 1 heterocycles. The van der Waals surface area contributed by atoms with Crippen LogP contribution in [0.3, 0.4) is 0 Å². The number of rotatable bonds is 6. The largest absolute Gasteiger partial charge is 0.393 e. The number of hydrazine groups is 1. The first kappa shape index (κ1) is 15.6. The molecule has 7 nitrogen and oxygen atoms in total. The zero-order valence-electron chi connectivity index (χ0n) is 11.6. The third-order valence-corrected chi connectivity index (χ3v) is 2.95. The number of amides is 1. The van der Waals surface area contributed by atoms with Crippen molar-refractivity contribution in [3.8, 4) is 0 Å². The van der Waals surface area contributed by atoms with Crippen molar-refractivity contribution >= 4 is 34.8 Å². The molecule has 5 N–H and O–H groups in total. The highest BCUT2D eigenvalue weighted by molar-refractivity contribution is 6.30. The summed E-state index contributed by atoms with van der Waals surface area (Å²) in [6.07, 6.45) is 3.01. The van der Waals surface area contributed by atoms with Crippen LogP contribution in [-0.4, -0.2) is 22.4 Å². The maximum atomic E-state index is 12.0. The van der Waals surface area contributed by atoms with Crippen molar-refractivity contribution < 1.29 is 4.79 Å². The number of halogens is 1. The van der Waals surface area contributed by atoms with Crippen molar-refractivity contribution in [1.29, 1.82) is 0 Å². The number of aromatic nitrogens is 2. The van der Waals surface area contributed by atoms with E-state index in [1.54, 1.807) is 30.3 Å². The summed E-state index contributed by atoms with van der Waals surface area (Å²) < 4.78 is 0. The van der Waals surface area contributed by atoms with Crippen LogP contribution >= 0.6 is 11.6 Å². The molecule has 0 aliphatic carbocycles. The predicted octanol–water partition coefficient (Wildman–Crippen LogP) is 2.07. The fraction of sp³-hybridized carbons (Fsp3) is 0.0714. The van der Waals surface area contributed by atoms with Crippen LogP contribution in [0.4, 0.5) is 17.3 Å². The third kappa shape index (κ3) is 3.86. The second-order valence-electron chi connectivity index (χ2n) is 4.24. The van der Waals surface area contributed by atoms with Crippen LogP contribution in [0.25, 0.3) is 0 Å². The van der Waals surface area contributed by atoms with Gasteiger partial charge in [-0.05, 0) is 24.3 Å². The number of nitrogens with two attached hydrogens (primary N) is 1. The van der Waals surface area contributed by atoms with E-state index < -0.39 is 0 Å². The summed E-state index contributed by atoms with van der Waals surface area (Å²) in [5.74, 6) is 0.414. The van der Waals surface area contributed by atoms with Crippen LogP contribution in [0, 0.1) is 0 Å². The zero-order chi connectivity index (χ0) is 15.9. The van der Waals surface area contributed by atoms with Gasteiger partial charge in [-0.1, -0.05) is 17.7 Å². The standard InChI is InChI=1S/C14H15ClN6O/c1-2-7-17-12-11(16)13(19-8-18-12)20-21-14(22)9-3-5-10(15)6-4-9/h2-6,8H,1,7,16H2,(H,21,22)(H2,17,18,19,20). The maximum absolute atomic E-state index is 12.0. The van der Waals surface area contributed by atoms with Crippen molar-refractivity contribution in [3.63, 3.8) is 0 Å². The number of anilines is 3. The molecular weight excluding hydrogens is 304 g/mol. The average molecular weight is 319 g/mol. The Morgan fingerprint density at radius 1 is 1.27 bits per heavy atom. The molecule has 0 spiro atoms. The van der Waals surface area contributed by atoms with Crippen LogP contribution in [-0.2, 0) is 0 Å². The molecule has 0 bridgehead atoms. The van der Waals surface area contributed by atoms with E-state index >= 15 is 0 Å². The lowest BCUT2D eigenvalue weighted by atomic mass is 10.2. The molecule has 1 aromatic carbocycles. The van der Waals surface area contributed by atoms with E-state index in [0.29, 0.717) is 34.5 Å². The topological polar surface area (TPSA) is 105 Å². The van der Waals surface area contributed by atoms with Crippen LogP contribution in [0.5, 0.6) is 0 Å². The highest BCUT2D eigenvalue weighted by atomic mass is 35.5. The van der Waals surface area contributed by atoms with Gasteiger partial charge in [0.15, 0.2) is 11.6 Å². The summed E-state index contributed by atoms with van der Waals surface area (Å²) in [5, 5.41) is 3.52. The minimum Gasteiger partial charge on any atom is -0.393 e. The number of nitrogens with one attached hydrogen (secondary N) is 3. The van der Waals surface area contributed by atoms with Gasteiger partial charge in [0, 0.05) is 17.1 Å². The quantitative estimate of drug-likeness (QED) is 0.480. The lowest BCUT2D eigenvalue weighted by Crippen LogP contribution is -2.30. The van der Waals surface area contributed by atoms with Gasteiger partial charge in [-0.3, -0.25) is 15.6 Å². The van der Waals surface area contributed by atoms with Crippen LogP contribution in [0.15, 0.2) is 43.2 Å². The molecule has 0 aliphatic heterocycles. The Labute approximate surface area is 132 Å². The molecule has 0 atom stereocenters. The molecule has 0 saturated heterocycles. The van der Waals surface area contributed by atoms with Crippen molar-refractivity contribution in [2.75, 3.05) is 23.0 Å². The molecule has 2 aromatic rings. The van der Waals surface area contributed by atoms with E-state index in [-0.39, 0.29) is 5.91 Å². The third-order valence-electron chi connectivity index (χ3n) is 2.70. The molecule has 22 heavy (non-hydrogen) atoms. The summed E-state index contributed by atoms with van der Waals surface area (Å²) in [6.45, 7) is 4.11. The summed E-state index contributed by atoms with van der Waals surface area (Å²) in [7, 11) is 0. The van der Waals surface area contributed by atoms with Crippen molar-refractivity contribution in [1.82, 2.24) is 15.4 Å². The molecule has 1 amide bonds. The maximum Gasteiger partial charge on any atom is 0.269 e. The molecule has 114 valence electrons. The number of nitrogen functional groups attached to an aromatic ring is 1. The predicted molar refractivity (Wildman–Crippen MR) is 87.7 cm³/mol. The van der Waals surface area contributed by atoms with Gasteiger partial charge >= 0.3 is 0 Å². The van der Waals surface area contributed by atoms with Crippen LogP contribution < -0.4 is 21.9 Å². The highest BCUT2D eigenvalue weighted by Crippen LogP contribution is 2.21. The van der Waals surface area contributed by atoms with Gasteiger partial charge in [0.25, 0.3) is 5.91 Å². The highest BCUT2D eigenvalue weighted by Gasteiger charge is 2.09. The van der Waals surface area contributed by atoms with Crippen LogP contribution in [0.1, 0.15) is 10.4 Å². The van der Waals surface area contributed by atoms with E-state index in [9.17, 15) is 4.79 Å². The second-order valence-corrected chi connectivity index (χ2v) is 4.68. The smallest absolute Gasteiger partial charge is 0.269 e. The Morgan fingerprint density at radius 3 is 2.64 bits per heavy atom. The molecule has 2 rings (SSSR count). The molecule has 1 aromatic heterocycles. The number of carbonyl (C=O) groups is 1. The minimum atomic E-state index is -0.338. The number of hydrogen-bond donors (Lipinski definition) is 4. The van der Waals surface area contributed by atoms with E-state index in [1.807, 2.05) is 0 Å². The first-order chi connectivity index (χ1) is 10.6. The summed E-state index contributed by atoms with van der Waals surface area (Å²) in [5.41, 5.74) is 11.8. The van der Waals surface area contributed by atoms with Gasteiger partial charge < -0.3 is 11.1 Å². The van der Waals surface area contributed by atoms with E-state index in [1.165, 1.54) is 6.33 Å². The van der Waals surface area contributed by atoms with Crippen molar-refractivity contribution in [3.05, 3.63) is 53.8 Å². The molecule has 8 heteroatoms.